The Morgan fingerprint density at radius 1 is 1.26 bits per heavy atom. The average molecular weight is 399 g/mol. The zero-order valence-corrected chi connectivity index (χ0v) is 15.1. The van der Waals surface area contributed by atoms with Crippen LogP contribution in [0, 0.1) is 0 Å². The number of alkyl halides is 3. The van der Waals surface area contributed by atoms with Gasteiger partial charge in [-0.3, -0.25) is 9.78 Å². The Morgan fingerprint density at radius 3 is 2.67 bits per heavy atom. The number of nitrogens with one attached hydrogen (secondary N) is 1. The van der Waals surface area contributed by atoms with Gasteiger partial charge in [-0.1, -0.05) is 23.7 Å². The quantitative estimate of drug-likeness (QED) is 0.833. The van der Waals surface area contributed by atoms with Crippen LogP contribution in [0.15, 0.2) is 36.5 Å². The minimum absolute atomic E-state index is 0.0497. The molecule has 3 rings (SSSR count). The minimum atomic E-state index is -4.44. The summed E-state index contributed by atoms with van der Waals surface area (Å²) in [5, 5.41) is 3.71. The van der Waals surface area contributed by atoms with E-state index in [0.29, 0.717) is 29.4 Å². The van der Waals surface area contributed by atoms with Gasteiger partial charge >= 0.3 is 6.18 Å². The Hall–Kier alpha value is -1.96. The van der Waals surface area contributed by atoms with E-state index in [1.54, 1.807) is 12.1 Å². The van der Waals surface area contributed by atoms with E-state index in [2.05, 4.69) is 10.3 Å². The van der Waals surface area contributed by atoms with E-state index in [1.807, 2.05) is 6.07 Å². The number of Topliss-reactive ketones (excluding diaryl/α,β-unsaturated/α-hetero) is 1. The van der Waals surface area contributed by atoms with Gasteiger partial charge in [-0.15, -0.1) is 0 Å². The maximum Gasteiger partial charge on any atom is 0.417 e. The number of morpholine rings is 1. The number of ketones is 1. The molecule has 0 spiro atoms. The number of carbonyl (C=O) groups is 1. The van der Waals surface area contributed by atoms with Crippen LogP contribution in [0.1, 0.15) is 28.5 Å². The Kier molecular flexibility index (Phi) is 6.14. The molecule has 2 heterocycles. The summed E-state index contributed by atoms with van der Waals surface area (Å²) in [4.78, 5) is 16.0. The lowest BCUT2D eigenvalue weighted by molar-refractivity contribution is -0.137. The number of aromatic nitrogens is 1. The molecule has 0 saturated carbocycles. The summed E-state index contributed by atoms with van der Waals surface area (Å²) in [6.07, 6.45) is -3.74. The number of hydrogen-bond acceptors (Lipinski definition) is 4. The fourth-order valence-electron chi connectivity index (χ4n) is 2.86. The lowest BCUT2D eigenvalue weighted by Gasteiger charge is -2.24. The zero-order valence-electron chi connectivity index (χ0n) is 14.4. The second-order valence-electron chi connectivity index (χ2n) is 6.34. The van der Waals surface area contributed by atoms with E-state index >= 15 is 0 Å². The number of hydrogen-bond donors (Lipinski definition) is 1. The number of rotatable bonds is 5. The molecule has 0 aliphatic carbocycles. The van der Waals surface area contributed by atoms with Gasteiger partial charge in [-0.05, 0) is 29.3 Å². The van der Waals surface area contributed by atoms with Crippen molar-refractivity contribution < 1.29 is 22.7 Å². The third kappa shape index (κ3) is 5.28. The number of halogens is 4. The van der Waals surface area contributed by atoms with E-state index in [4.69, 9.17) is 16.3 Å². The molecule has 1 aromatic heterocycles. The molecule has 1 N–H and O–H groups in total. The highest BCUT2D eigenvalue weighted by atomic mass is 35.5. The van der Waals surface area contributed by atoms with Gasteiger partial charge in [-0.2, -0.15) is 13.2 Å². The van der Waals surface area contributed by atoms with Crippen molar-refractivity contribution in [2.45, 2.75) is 25.1 Å². The molecule has 0 amide bonds. The van der Waals surface area contributed by atoms with Gasteiger partial charge in [0.05, 0.1) is 18.3 Å². The van der Waals surface area contributed by atoms with Crippen LogP contribution in [0.2, 0.25) is 5.02 Å². The second kappa shape index (κ2) is 8.37. The first-order chi connectivity index (χ1) is 12.8. The molecule has 1 aliphatic heterocycles. The molecule has 1 aromatic carbocycles. The monoisotopic (exact) mass is 398 g/mol. The van der Waals surface area contributed by atoms with Gasteiger partial charge in [0.2, 0.25) is 0 Å². The Balaban J connectivity index is 1.62. The van der Waals surface area contributed by atoms with Gasteiger partial charge in [0, 0.05) is 42.8 Å². The highest BCUT2D eigenvalue weighted by Crippen LogP contribution is 2.28. The van der Waals surface area contributed by atoms with Crippen molar-refractivity contribution in [3.8, 4) is 0 Å². The number of benzene rings is 1. The largest absolute Gasteiger partial charge is 0.417 e. The predicted molar refractivity (Wildman–Crippen MR) is 94.7 cm³/mol. The number of nitrogens with zero attached hydrogens (tertiary/aromatic N) is 1. The van der Waals surface area contributed by atoms with E-state index in [1.165, 1.54) is 6.07 Å². The first kappa shape index (κ1) is 19.8. The van der Waals surface area contributed by atoms with Gasteiger partial charge in [-0.25, -0.2) is 0 Å². The molecular formula is C19H18ClF3N2O2. The van der Waals surface area contributed by atoms with Gasteiger partial charge in [0.1, 0.15) is 5.78 Å². The molecule has 0 radical (unpaired) electrons. The van der Waals surface area contributed by atoms with Crippen LogP contribution < -0.4 is 5.32 Å². The second-order valence-corrected chi connectivity index (χ2v) is 6.75. The molecule has 27 heavy (non-hydrogen) atoms. The molecule has 1 saturated heterocycles. The van der Waals surface area contributed by atoms with Crippen LogP contribution in [0.4, 0.5) is 13.2 Å². The van der Waals surface area contributed by atoms with Crippen molar-refractivity contribution in [2.75, 3.05) is 19.7 Å². The summed E-state index contributed by atoms with van der Waals surface area (Å²) in [7, 11) is 0. The summed E-state index contributed by atoms with van der Waals surface area (Å²) in [6.45, 7) is 2.14. The summed E-state index contributed by atoms with van der Waals surface area (Å²) < 4.78 is 43.3. The molecule has 0 bridgehead atoms. The van der Waals surface area contributed by atoms with Crippen molar-refractivity contribution in [1.29, 1.82) is 0 Å². The maximum absolute atomic E-state index is 12.5. The van der Waals surface area contributed by atoms with E-state index < -0.39 is 11.7 Å². The summed E-state index contributed by atoms with van der Waals surface area (Å²) in [5.41, 5.74) is 1.06. The Bertz CT molecular complexity index is 804. The number of pyridine rings is 1. The van der Waals surface area contributed by atoms with E-state index in [-0.39, 0.29) is 24.7 Å². The van der Waals surface area contributed by atoms with Crippen molar-refractivity contribution >= 4 is 17.4 Å². The lowest BCUT2D eigenvalue weighted by Crippen LogP contribution is -2.33. The molecule has 1 atom stereocenters. The molecule has 8 heteroatoms. The lowest BCUT2D eigenvalue weighted by atomic mass is 10.0. The smallest absolute Gasteiger partial charge is 0.371 e. The topological polar surface area (TPSA) is 51.2 Å². The van der Waals surface area contributed by atoms with Crippen LogP contribution in [-0.2, 0) is 28.5 Å². The summed E-state index contributed by atoms with van der Waals surface area (Å²) in [6, 6.07) is 7.60. The predicted octanol–water partition coefficient (Wildman–Crippen LogP) is 3.77. The molecule has 144 valence electrons. The molecule has 0 unspecified atom stereocenters. The van der Waals surface area contributed by atoms with Crippen molar-refractivity contribution in [2.24, 2.45) is 0 Å². The fourth-order valence-corrected chi connectivity index (χ4v) is 3.12. The summed E-state index contributed by atoms with van der Waals surface area (Å²) >= 11 is 6.30. The van der Waals surface area contributed by atoms with Crippen LogP contribution >= 0.6 is 11.6 Å². The van der Waals surface area contributed by atoms with Crippen molar-refractivity contribution in [3.63, 3.8) is 0 Å². The minimum Gasteiger partial charge on any atom is -0.371 e. The normalized spacial score (nSPS) is 17.7. The maximum atomic E-state index is 12.5. The molecule has 2 aromatic rings. The highest BCUT2D eigenvalue weighted by molar-refractivity contribution is 6.31. The molecular weight excluding hydrogens is 381 g/mol. The Labute approximate surface area is 159 Å². The van der Waals surface area contributed by atoms with E-state index in [0.717, 1.165) is 24.4 Å². The van der Waals surface area contributed by atoms with Crippen LogP contribution in [-0.4, -0.2) is 30.5 Å². The first-order valence-electron chi connectivity index (χ1n) is 8.47. The standard InChI is InChI=1S/C19H18ClF3N2O2/c20-17-8-13(18-11-24-5-6-27-18)2-1-12(17)7-16(26)9-15-4-3-14(10-25-15)19(21,22)23/h1-4,8,10,18,24H,5-7,9,11H2/t18-/m1/s1. The number of carbonyl (C=O) groups excluding carboxylic acids is 1. The average Bonchev–Trinajstić information content (AvgIpc) is 2.64. The third-order valence-corrected chi connectivity index (χ3v) is 4.65. The van der Waals surface area contributed by atoms with Crippen LogP contribution in [0.25, 0.3) is 0 Å². The Morgan fingerprint density at radius 2 is 2.07 bits per heavy atom. The molecule has 4 nitrogen and oxygen atoms in total. The molecule has 1 fully saturated rings. The van der Waals surface area contributed by atoms with Crippen LogP contribution in [0.5, 0.6) is 0 Å². The third-order valence-electron chi connectivity index (χ3n) is 4.29. The molecule has 1 aliphatic rings. The van der Waals surface area contributed by atoms with E-state index in [9.17, 15) is 18.0 Å². The zero-order chi connectivity index (χ0) is 19.4. The number of ether oxygens (including phenoxy) is 1. The highest BCUT2D eigenvalue weighted by Gasteiger charge is 2.30. The van der Waals surface area contributed by atoms with Gasteiger partial charge < -0.3 is 10.1 Å². The van der Waals surface area contributed by atoms with Crippen molar-refractivity contribution in [1.82, 2.24) is 10.3 Å². The van der Waals surface area contributed by atoms with Crippen molar-refractivity contribution in [3.05, 3.63) is 63.9 Å². The first-order valence-corrected chi connectivity index (χ1v) is 8.85. The van der Waals surface area contributed by atoms with Crippen LogP contribution in [0.3, 0.4) is 0 Å². The summed E-state index contributed by atoms with van der Waals surface area (Å²) in [5.74, 6) is -0.174. The van der Waals surface area contributed by atoms with Gasteiger partial charge in [0.15, 0.2) is 0 Å². The SMILES string of the molecule is O=C(Cc1ccc(C(F)(F)F)cn1)Cc1ccc([C@H]2CNCCO2)cc1Cl. The van der Waals surface area contributed by atoms with Gasteiger partial charge in [0.25, 0.3) is 0 Å². The fraction of sp³-hybridized carbons (Fsp3) is 0.368.